The molecule has 2 N–H and O–H groups in total. The second-order valence-corrected chi connectivity index (χ2v) is 6.68. The quantitative estimate of drug-likeness (QED) is 0.623. The van der Waals surface area contributed by atoms with Crippen LogP contribution in [0.4, 0.5) is 4.79 Å². The topological polar surface area (TPSA) is 105 Å². The van der Waals surface area contributed by atoms with E-state index in [1.54, 1.807) is 5.48 Å². The van der Waals surface area contributed by atoms with E-state index in [0.29, 0.717) is 23.7 Å². The van der Waals surface area contributed by atoms with Gasteiger partial charge in [-0.15, -0.1) is 0 Å². The zero-order valence-corrected chi connectivity index (χ0v) is 13.8. The Hall–Kier alpha value is -2.22. The molecule has 2 aliphatic rings. The number of aromatic nitrogens is 2. The largest absolute Gasteiger partial charge is 0.447 e. The number of amides is 2. The van der Waals surface area contributed by atoms with Crippen molar-refractivity contribution in [3.8, 4) is 0 Å². The van der Waals surface area contributed by atoms with Crippen LogP contribution in [0, 0.1) is 11.8 Å². The van der Waals surface area contributed by atoms with Crippen LogP contribution in [-0.2, 0) is 11.2 Å². The zero-order chi connectivity index (χ0) is 17.3. The van der Waals surface area contributed by atoms with E-state index in [1.165, 1.54) is 12.4 Å². The van der Waals surface area contributed by atoms with Crippen molar-refractivity contribution in [1.29, 1.82) is 0 Å². The van der Waals surface area contributed by atoms with Gasteiger partial charge in [-0.2, -0.15) is 0 Å². The van der Waals surface area contributed by atoms with E-state index in [0.717, 1.165) is 25.8 Å². The van der Waals surface area contributed by atoms with E-state index in [4.69, 9.17) is 9.94 Å². The molecule has 0 radical (unpaired) electrons. The molecule has 2 fully saturated rings. The summed E-state index contributed by atoms with van der Waals surface area (Å²) in [6.45, 7) is 4.49. The van der Waals surface area contributed by atoms with Crippen LogP contribution in [0.5, 0.6) is 0 Å². The number of ether oxygens (including phenoxy) is 1. The summed E-state index contributed by atoms with van der Waals surface area (Å²) < 4.78 is 5.23. The number of hydrogen-bond acceptors (Lipinski definition) is 6. The number of likely N-dealkylation sites (tertiary alicyclic amines) is 1. The van der Waals surface area contributed by atoms with Gasteiger partial charge in [0.15, 0.2) is 0 Å². The summed E-state index contributed by atoms with van der Waals surface area (Å²) in [6.07, 6.45) is 5.24. The number of hydrogen-bond donors (Lipinski definition) is 2. The molecule has 1 aliphatic carbocycles. The number of rotatable bonds is 5. The van der Waals surface area contributed by atoms with Crippen LogP contribution in [0.2, 0.25) is 0 Å². The van der Waals surface area contributed by atoms with Crippen molar-refractivity contribution in [3.63, 3.8) is 0 Å². The lowest BCUT2D eigenvalue weighted by Crippen LogP contribution is -2.68. The summed E-state index contributed by atoms with van der Waals surface area (Å²) in [5, 5.41) is 8.55. The number of nitrogens with one attached hydrogen (secondary N) is 1. The Labute approximate surface area is 140 Å². The van der Waals surface area contributed by atoms with Crippen molar-refractivity contribution in [3.05, 3.63) is 23.8 Å². The molecule has 1 saturated carbocycles. The maximum absolute atomic E-state index is 11.9. The van der Waals surface area contributed by atoms with Gasteiger partial charge in [0.05, 0.1) is 11.7 Å². The van der Waals surface area contributed by atoms with Gasteiger partial charge in [-0.05, 0) is 32.6 Å². The van der Waals surface area contributed by atoms with E-state index < -0.39 is 5.91 Å². The normalized spacial score (nSPS) is 24.7. The van der Waals surface area contributed by atoms with E-state index in [9.17, 15) is 9.59 Å². The molecule has 24 heavy (non-hydrogen) atoms. The van der Waals surface area contributed by atoms with Gasteiger partial charge in [-0.1, -0.05) is 0 Å². The van der Waals surface area contributed by atoms with Crippen LogP contribution in [-0.4, -0.2) is 50.8 Å². The first-order valence-corrected chi connectivity index (χ1v) is 8.22. The lowest BCUT2D eigenvalue weighted by molar-refractivity contribution is -0.100. The van der Waals surface area contributed by atoms with Gasteiger partial charge in [-0.25, -0.2) is 20.2 Å². The van der Waals surface area contributed by atoms with Crippen molar-refractivity contribution in [2.45, 2.75) is 45.3 Å². The maximum Gasteiger partial charge on any atom is 0.410 e. The number of piperidine rings is 1. The minimum atomic E-state index is -0.619. The molecular weight excluding hydrogens is 312 g/mol. The van der Waals surface area contributed by atoms with Gasteiger partial charge >= 0.3 is 6.09 Å². The molecule has 0 bridgehead atoms. The monoisotopic (exact) mass is 334 g/mol. The van der Waals surface area contributed by atoms with Crippen molar-refractivity contribution < 1.29 is 19.5 Å². The van der Waals surface area contributed by atoms with Gasteiger partial charge < -0.3 is 9.64 Å². The van der Waals surface area contributed by atoms with Crippen molar-refractivity contribution in [2.75, 3.05) is 6.54 Å². The Morgan fingerprint density at radius 3 is 2.67 bits per heavy atom. The molecule has 1 aliphatic heterocycles. The molecule has 3 unspecified atom stereocenters. The highest BCUT2D eigenvalue weighted by Crippen LogP contribution is 2.48. The van der Waals surface area contributed by atoms with Crippen LogP contribution in [0.25, 0.3) is 0 Å². The molecule has 2 heterocycles. The zero-order valence-electron chi connectivity index (χ0n) is 13.8. The van der Waals surface area contributed by atoms with Crippen LogP contribution in [0.15, 0.2) is 12.4 Å². The van der Waals surface area contributed by atoms with Gasteiger partial charge in [0.2, 0.25) is 0 Å². The fourth-order valence-electron chi connectivity index (χ4n) is 3.42. The lowest BCUT2D eigenvalue weighted by Gasteiger charge is -2.59. The van der Waals surface area contributed by atoms with Crippen LogP contribution in [0.3, 0.4) is 0 Å². The summed E-state index contributed by atoms with van der Waals surface area (Å²) in [6, 6.07) is 0.331. The van der Waals surface area contributed by atoms with Gasteiger partial charge in [0.1, 0.15) is 5.82 Å². The second kappa shape index (κ2) is 6.72. The van der Waals surface area contributed by atoms with E-state index in [1.807, 2.05) is 18.7 Å². The summed E-state index contributed by atoms with van der Waals surface area (Å²) in [7, 11) is 0. The van der Waals surface area contributed by atoms with Gasteiger partial charge in [-0.3, -0.25) is 10.0 Å². The summed E-state index contributed by atoms with van der Waals surface area (Å²) in [5.74, 6) is 1.21. The smallest absolute Gasteiger partial charge is 0.410 e. The van der Waals surface area contributed by atoms with E-state index in [-0.39, 0.29) is 17.8 Å². The number of carbonyl (C=O) groups excluding carboxylic acids is 2. The van der Waals surface area contributed by atoms with E-state index >= 15 is 0 Å². The number of carbonyl (C=O) groups is 2. The third kappa shape index (κ3) is 3.19. The standard InChI is InChI=1S/C16H22N4O4/c1-9(2)24-16(22)20-8-12-10(5-13(12)20)3-4-14-17-6-11(7-18-14)15(21)19-23/h6-7,9-10,12-13,23H,3-5,8H2,1-2H3,(H,19,21). The predicted octanol–water partition coefficient (Wildman–Crippen LogP) is 1.39. The Bertz CT molecular complexity index is 619. The first-order valence-electron chi connectivity index (χ1n) is 8.22. The van der Waals surface area contributed by atoms with Crippen LogP contribution >= 0.6 is 0 Å². The highest BCUT2D eigenvalue weighted by Gasteiger charge is 2.54. The molecular formula is C16H22N4O4. The minimum Gasteiger partial charge on any atom is -0.447 e. The summed E-state index contributed by atoms with van der Waals surface area (Å²) >= 11 is 0. The lowest BCUT2D eigenvalue weighted by atomic mass is 9.61. The second-order valence-electron chi connectivity index (χ2n) is 6.68. The highest BCUT2D eigenvalue weighted by atomic mass is 16.6. The van der Waals surface area contributed by atoms with Crippen LogP contribution < -0.4 is 5.48 Å². The molecule has 0 spiro atoms. The number of fused-ring (bicyclic) bond motifs is 1. The summed E-state index contributed by atoms with van der Waals surface area (Å²) in [5.41, 5.74) is 1.78. The first-order chi connectivity index (χ1) is 11.5. The van der Waals surface area contributed by atoms with Crippen molar-refractivity contribution in [2.24, 2.45) is 11.8 Å². The Morgan fingerprint density at radius 1 is 1.42 bits per heavy atom. The van der Waals surface area contributed by atoms with Crippen molar-refractivity contribution >= 4 is 12.0 Å². The van der Waals surface area contributed by atoms with E-state index in [2.05, 4.69) is 9.97 Å². The van der Waals surface area contributed by atoms with Gasteiger partial charge in [0, 0.05) is 37.3 Å². The average Bonchev–Trinajstić information content (AvgIpc) is 2.54. The molecule has 2 amide bonds. The minimum absolute atomic E-state index is 0.0829. The molecule has 1 aromatic rings. The average molecular weight is 334 g/mol. The molecule has 0 aromatic carbocycles. The number of nitrogens with zero attached hydrogens (tertiary/aromatic N) is 3. The Balaban J connectivity index is 1.42. The predicted molar refractivity (Wildman–Crippen MR) is 83.3 cm³/mol. The van der Waals surface area contributed by atoms with Crippen molar-refractivity contribution in [1.82, 2.24) is 20.3 Å². The molecule has 3 atom stereocenters. The number of hydroxylamine groups is 1. The molecule has 8 heteroatoms. The molecule has 8 nitrogen and oxygen atoms in total. The third-order valence-electron chi connectivity index (χ3n) is 4.83. The molecule has 3 rings (SSSR count). The third-order valence-corrected chi connectivity index (χ3v) is 4.83. The molecule has 1 aromatic heterocycles. The fraction of sp³-hybridized carbons (Fsp3) is 0.625. The fourth-order valence-corrected chi connectivity index (χ4v) is 3.42. The molecule has 1 saturated heterocycles. The summed E-state index contributed by atoms with van der Waals surface area (Å²) in [4.78, 5) is 33.2. The Morgan fingerprint density at radius 2 is 2.12 bits per heavy atom. The van der Waals surface area contributed by atoms with Gasteiger partial charge in [0.25, 0.3) is 5.91 Å². The Kier molecular flexibility index (Phi) is 4.66. The molecule has 130 valence electrons. The maximum atomic E-state index is 11.9. The first kappa shape index (κ1) is 16.6. The highest BCUT2D eigenvalue weighted by molar-refractivity contribution is 5.92. The number of aryl methyl sites for hydroxylation is 1. The van der Waals surface area contributed by atoms with Crippen LogP contribution in [0.1, 0.15) is 42.9 Å². The SMILES string of the molecule is CC(C)OC(=O)N1CC2C(CCc3ncc(C(=O)NO)cn3)CC21.